The van der Waals surface area contributed by atoms with Gasteiger partial charge in [-0.05, 0) is 37.1 Å². The molecule has 1 fully saturated rings. The van der Waals surface area contributed by atoms with E-state index in [-0.39, 0.29) is 5.91 Å². The van der Waals surface area contributed by atoms with Crippen LogP contribution in [-0.4, -0.2) is 22.0 Å². The molecule has 2 unspecified atom stereocenters. The molecule has 3 rings (SSSR count). The molecule has 2 aromatic rings. The number of anilines is 1. The highest BCUT2D eigenvalue weighted by Gasteiger charge is 2.37. The number of amides is 1. The molecule has 0 aliphatic heterocycles. The van der Waals surface area contributed by atoms with Crippen LogP contribution in [0.2, 0.25) is 0 Å². The Balaban J connectivity index is 1.76. The van der Waals surface area contributed by atoms with Crippen LogP contribution >= 0.6 is 0 Å². The fourth-order valence-corrected chi connectivity index (χ4v) is 2.94. The van der Waals surface area contributed by atoms with Crippen LogP contribution in [0.1, 0.15) is 19.3 Å². The quantitative estimate of drug-likeness (QED) is 0.803. The molecule has 1 amide bonds. The summed E-state index contributed by atoms with van der Waals surface area (Å²) in [7, 11) is 0. The molecular formula is C15H16N2O3. The first-order valence-electron chi connectivity index (χ1n) is 6.76. The second-order valence-corrected chi connectivity index (χ2v) is 5.25. The van der Waals surface area contributed by atoms with Crippen molar-refractivity contribution in [3.05, 3.63) is 30.5 Å². The van der Waals surface area contributed by atoms with Gasteiger partial charge in [-0.25, -0.2) is 0 Å². The van der Waals surface area contributed by atoms with Gasteiger partial charge >= 0.3 is 5.97 Å². The number of carbonyl (C=O) groups excluding carboxylic acids is 1. The van der Waals surface area contributed by atoms with E-state index in [1.165, 1.54) is 0 Å². The highest BCUT2D eigenvalue weighted by molar-refractivity contribution is 5.97. The minimum Gasteiger partial charge on any atom is -0.481 e. The SMILES string of the molecule is O=C(O)C1CCCC1C(=O)Nc1ccc2[nH]ccc2c1. The van der Waals surface area contributed by atoms with Crippen LogP contribution < -0.4 is 5.32 Å². The number of carbonyl (C=O) groups is 2. The van der Waals surface area contributed by atoms with Crippen molar-refractivity contribution in [2.75, 3.05) is 5.32 Å². The summed E-state index contributed by atoms with van der Waals surface area (Å²) in [5.74, 6) is -2.03. The van der Waals surface area contributed by atoms with Crippen molar-refractivity contribution in [3.63, 3.8) is 0 Å². The number of fused-ring (bicyclic) bond motifs is 1. The third-order valence-corrected chi connectivity index (χ3v) is 3.99. The Bertz CT molecular complexity index is 662. The van der Waals surface area contributed by atoms with Crippen molar-refractivity contribution in [1.82, 2.24) is 4.98 Å². The van der Waals surface area contributed by atoms with Gasteiger partial charge in [0.15, 0.2) is 0 Å². The fourth-order valence-electron chi connectivity index (χ4n) is 2.94. The van der Waals surface area contributed by atoms with Gasteiger partial charge < -0.3 is 15.4 Å². The van der Waals surface area contributed by atoms with E-state index in [0.717, 1.165) is 17.3 Å². The Morgan fingerprint density at radius 3 is 2.80 bits per heavy atom. The van der Waals surface area contributed by atoms with E-state index in [1.54, 1.807) is 0 Å². The molecule has 0 radical (unpaired) electrons. The van der Waals surface area contributed by atoms with Crippen LogP contribution in [0.4, 0.5) is 5.69 Å². The van der Waals surface area contributed by atoms with Crippen molar-refractivity contribution in [2.45, 2.75) is 19.3 Å². The van der Waals surface area contributed by atoms with Crippen LogP contribution in [-0.2, 0) is 9.59 Å². The van der Waals surface area contributed by atoms with Crippen LogP contribution in [0, 0.1) is 11.8 Å². The number of aromatic amines is 1. The maximum absolute atomic E-state index is 12.2. The molecular weight excluding hydrogens is 256 g/mol. The summed E-state index contributed by atoms with van der Waals surface area (Å²) in [6, 6.07) is 7.53. The minimum absolute atomic E-state index is 0.190. The lowest BCUT2D eigenvalue weighted by atomic mass is 9.95. The molecule has 1 saturated carbocycles. The van der Waals surface area contributed by atoms with Crippen LogP contribution in [0.5, 0.6) is 0 Å². The fraction of sp³-hybridized carbons (Fsp3) is 0.333. The highest BCUT2D eigenvalue weighted by atomic mass is 16.4. The van der Waals surface area contributed by atoms with Crippen molar-refractivity contribution < 1.29 is 14.7 Å². The highest BCUT2D eigenvalue weighted by Crippen LogP contribution is 2.33. The molecule has 5 nitrogen and oxygen atoms in total. The standard InChI is InChI=1S/C15H16N2O3/c18-14(11-2-1-3-12(11)15(19)20)17-10-4-5-13-9(8-10)6-7-16-13/h4-8,11-12,16H,1-3H2,(H,17,18)(H,19,20). The molecule has 1 aliphatic carbocycles. The van der Waals surface area contributed by atoms with Gasteiger partial charge in [-0.1, -0.05) is 6.42 Å². The lowest BCUT2D eigenvalue weighted by molar-refractivity contribution is -0.145. The zero-order valence-electron chi connectivity index (χ0n) is 10.9. The Labute approximate surface area is 116 Å². The number of rotatable bonds is 3. The molecule has 0 spiro atoms. The lowest BCUT2D eigenvalue weighted by Crippen LogP contribution is -2.29. The van der Waals surface area contributed by atoms with Gasteiger partial charge in [-0.2, -0.15) is 0 Å². The average molecular weight is 272 g/mol. The van der Waals surface area contributed by atoms with Gasteiger partial charge in [0.25, 0.3) is 0 Å². The molecule has 5 heteroatoms. The molecule has 1 aromatic carbocycles. The number of hydrogen-bond acceptors (Lipinski definition) is 2. The third kappa shape index (κ3) is 2.27. The van der Waals surface area contributed by atoms with E-state index in [1.807, 2.05) is 30.5 Å². The monoisotopic (exact) mass is 272 g/mol. The molecule has 1 heterocycles. The van der Waals surface area contributed by atoms with Crippen LogP contribution in [0.15, 0.2) is 30.5 Å². The first-order valence-corrected chi connectivity index (χ1v) is 6.76. The Kier molecular flexibility index (Phi) is 3.18. The van der Waals surface area contributed by atoms with Gasteiger partial charge in [0.2, 0.25) is 5.91 Å². The zero-order valence-corrected chi connectivity index (χ0v) is 10.9. The van der Waals surface area contributed by atoms with Crippen molar-refractivity contribution in [2.24, 2.45) is 11.8 Å². The second kappa shape index (κ2) is 5.00. The van der Waals surface area contributed by atoms with Crippen molar-refractivity contribution >= 4 is 28.5 Å². The Morgan fingerprint density at radius 2 is 2.00 bits per heavy atom. The van der Waals surface area contributed by atoms with Gasteiger partial charge in [0.05, 0.1) is 11.8 Å². The summed E-state index contributed by atoms with van der Waals surface area (Å²) in [6.45, 7) is 0. The number of H-pyrrole nitrogens is 1. The minimum atomic E-state index is -0.872. The number of aliphatic carboxylic acids is 1. The summed E-state index contributed by atoms with van der Waals surface area (Å²) in [6.07, 6.45) is 3.87. The largest absolute Gasteiger partial charge is 0.481 e. The molecule has 1 aliphatic rings. The van der Waals surface area contributed by atoms with Gasteiger partial charge in [0.1, 0.15) is 0 Å². The van der Waals surface area contributed by atoms with E-state index < -0.39 is 17.8 Å². The summed E-state index contributed by atoms with van der Waals surface area (Å²) in [4.78, 5) is 26.4. The molecule has 0 saturated heterocycles. The molecule has 2 atom stereocenters. The number of nitrogens with one attached hydrogen (secondary N) is 2. The second-order valence-electron chi connectivity index (χ2n) is 5.25. The summed E-state index contributed by atoms with van der Waals surface area (Å²) in [5.41, 5.74) is 1.71. The normalized spacial score (nSPS) is 22.0. The Hall–Kier alpha value is -2.30. The summed E-state index contributed by atoms with van der Waals surface area (Å²) >= 11 is 0. The zero-order chi connectivity index (χ0) is 14.1. The Morgan fingerprint density at radius 1 is 1.20 bits per heavy atom. The van der Waals surface area contributed by atoms with E-state index in [0.29, 0.717) is 18.5 Å². The number of aromatic nitrogens is 1. The first-order chi connectivity index (χ1) is 9.65. The van der Waals surface area contributed by atoms with E-state index >= 15 is 0 Å². The van der Waals surface area contributed by atoms with E-state index in [2.05, 4.69) is 10.3 Å². The van der Waals surface area contributed by atoms with E-state index in [9.17, 15) is 9.59 Å². The maximum atomic E-state index is 12.2. The summed E-state index contributed by atoms with van der Waals surface area (Å²) < 4.78 is 0. The molecule has 104 valence electrons. The lowest BCUT2D eigenvalue weighted by Gasteiger charge is -2.15. The molecule has 3 N–H and O–H groups in total. The van der Waals surface area contributed by atoms with Crippen LogP contribution in [0.25, 0.3) is 10.9 Å². The molecule has 1 aromatic heterocycles. The van der Waals surface area contributed by atoms with E-state index in [4.69, 9.17) is 5.11 Å². The van der Waals surface area contributed by atoms with Gasteiger partial charge in [-0.15, -0.1) is 0 Å². The van der Waals surface area contributed by atoms with Gasteiger partial charge in [-0.3, -0.25) is 9.59 Å². The van der Waals surface area contributed by atoms with Crippen molar-refractivity contribution in [3.8, 4) is 0 Å². The first kappa shape index (κ1) is 12.7. The average Bonchev–Trinajstić information content (AvgIpc) is 3.06. The predicted molar refractivity (Wildman–Crippen MR) is 75.4 cm³/mol. The predicted octanol–water partition coefficient (Wildman–Crippen LogP) is 2.61. The van der Waals surface area contributed by atoms with Crippen LogP contribution in [0.3, 0.4) is 0 Å². The number of hydrogen-bond donors (Lipinski definition) is 3. The smallest absolute Gasteiger partial charge is 0.307 e. The van der Waals surface area contributed by atoms with Crippen molar-refractivity contribution in [1.29, 1.82) is 0 Å². The topological polar surface area (TPSA) is 82.2 Å². The number of carboxylic acids is 1. The molecule has 20 heavy (non-hydrogen) atoms. The summed E-state index contributed by atoms with van der Waals surface area (Å²) in [5, 5.41) is 13.0. The number of carboxylic acid groups (broad SMARTS) is 1. The molecule has 0 bridgehead atoms. The maximum Gasteiger partial charge on any atom is 0.307 e. The third-order valence-electron chi connectivity index (χ3n) is 3.99. The number of benzene rings is 1. The van der Waals surface area contributed by atoms with Gasteiger partial charge in [0, 0.05) is 22.8 Å².